The van der Waals surface area contributed by atoms with Crippen molar-refractivity contribution in [2.75, 3.05) is 13.2 Å². The van der Waals surface area contributed by atoms with Gasteiger partial charge in [-0.25, -0.2) is 4.57 Å². The largest absolute Gasteiger partial charge is 0.469 e. The van der Waals surface area contributed by atoms with Gasteiger partial charge in [-0.05, 0) is 83.5 Å². The Hall–Kier alpha value is -2.59. The number of hydrogen-bond acceptors (Lipinski definition) is 8. The maximum Gasteiger partial charge on any atom is 0.469 e. The van der Waals surface area contributed by atoms with Crippen LogP contribution in [0.25, 0.3) is 0 Å². The molecule has 0 saturated heterocycles. The number of aliphatic hydroxyl groups is 2. The van der Waals surface area contributed by atoms with Crippen LogP contribution in [-0.4, -0.2) is 63.5 Å². The Kier molecular flexibility index (Phi) is 34.6. The fraction of sp³-hybridized carbons (Fsp3) is 0.667. The maximum atomic E-state index is 12.4. The second-order valence-corrected chi connectivity index (χ2v) is 14.4. The topological polar surface area (TPSA) is 160 Å². The van der Waals surface area contributed by atoms with Crippen LogP contribution in [0.15, 0.2) is 72.9 Å². The number of carbonyl (C=O) groups excluding carboxylic acids is 2. The summed E-state index contributed by atoms with van der Waals surface area (Å²) >= 11 is 0. The quantitative estimate of drug-likeness (QED) is 0.0212. The lowest BCUT2D eigenvalue weighted by atomic mass is 10.0. The number of ether oxygens (including phenoxy) is 2. The average molecular weight is 767 g/mol. The molecule has 0 aliphatic heterocycles. The van der Waals surface area contributed by atoms with E-state index in [1.165, 1.54) is 25.7 Å². The van der Waals surface area contributed by atoms with Gasteiger partial charge in [-0.15, -0.1) is 0 Å². The number of phosphoric acid groups is 1. The van der Waals surface area contributed by atoms with Crippen LogP contribution < -0.4 is 0 Å². The highest BCUT2D eigenvalue weighted by molar-refractivity contribution is 7.46. The van der Waals surface area contributed by atoms with Crippen molar-refractivity contribution < 1.29 is 48.2 Å². The molecule has 0 rings (SSSR count). The Morgan fingerprint density at radius 3 is 1.68 bits per heavy atom. The van der Waals surface area contributed by atoms with Gasteiger partial charge in [0, 0.05) is 12.8 Å². The summed E-state index contributed by atoms with van der Waals surface area (Å²) in [6.07, 6.45) is 39.3. The first-order valence-corrected chi connectivity index (χ1v) is 21.4. The highest BCUT2D eigenvalue weighted by Crippen LogP contribution is 2.36. The molecule has 0 aromatic rings. The van der Waals surface area contributed by atoms with Crippen molar-refractivity contribution in [3.8, 4) is 0 Å². The Morgan fingerprint density at radius 1 is 0.585 bits per heavy atom. The highest BCUT2D eigenvalue weighted by Gasteiger charge is 2.23. The summed E-state index contributed by atoms with van der Waals surface area (Å²) < 4.78 is 26.2. The van der Waals surface area contributed by atoms with Gasteiger partial charge in [0.15, 0.2) is 6.10 Å². The van der Waals surface area contributed by atoms with Crippen LogP contribution >= 0.6 is 7.82 Å². The van der Waals surface area contributed by atoms with Gasteiger partial charge in [0.25, 0.3) is 0 Å². The average Bonchev–Trinajstić information content (AvgIpc) is 3.12. The van der Waals surface area contributed by atoms with E-state index in [1.807, 2.05) is 18.2 Å². The fourth-order valence-corrected chi connectivity index (χ4v) is 5.44. The van der Waals surface area contributed by atoms with E-state index in [0.717, 1.165) is 70.6 Å². The number of esters is 2. The van der Waals surface area contributed by atoms with Crippen molar-refractivity contribution in [1.29, 1.82) is 0 Å². The number of allylic oxidation sites excluding steroid dienone is 11. The zero-order valence-electron chi connectivity index (χ0n) is 32.6. The van der Waals surface area contributed by atoms with E-state index in [1.54, 1.807) is 0 Å². The summed E-state index contributed by atoms with van der Waals surface area (Å²) in [6.45, 7) is 3.27. The molecule has 0 spiro atoms. The van der Waals surface area contributed by atoms with Crippen molar-refractivity contribution in [3.05, 3.63) is 72.9 Å². The van der Waals surface area contributed by atoms with Gasteiger partial charge in [0.1, 0.15) is 6.61 Å². The lowest BCUT2D eigenvalue weighted by Crippen LogP contribution is -2.30. The van der Waals surface area contributed by atoms with E-state index in [4.69, 9.17) is 19.3 Å². The molecule has 0 fully saturated rings. The minimum atomic E-state index is -4.84. The number of carbonyl (C=O) groups is 2. The van der Waals surface area contributed by atoms with E-state index in [2.05, 4.69) is 73.1 Å². The second kappa shape index (κ2) is 36.4. The predicted molar refractivity (Wildman–Crippen MR) is 214 cm³/mol. The van der Waals surface area contributed by atoms with Gasteiger partial charge in [0.2, 0.25) is 0 Å². The third kappa shape index (κ3) is 37.5. The zero-order chi connectivity index (χ0) is 39.3. The van der Waals surface area contributed by atoms with Gasteiger partial charge in [-0.2, -0.15) is 0 Å². The Labute approximate surface area is 320 Å². The van der Waals surface area contributed by atoms with Crippen LogP contribution in [0.1, 0.15) is 149 Å². The molecule has 0 aromatic carbocycles. The van der Waals surface area contributed by atoms with Crippen LogP contribution in [-0.2, 0) is 28.2 Å². The number of phosphoric ester groups is 1. The normalized spacial score (nSPS) is 14.5. The molecule has 0 saturated carbocycles. The first-order valence-electron chi connectivity index (χ1n) is 19.9. The molecule has 11 heteroatoms. The first-order chi connectivity index (χ1) is 25.6. The molecule has 0 aliphatic rings. The Morgan fingerprint density at radius 2 is 1.09 bits per heavy atom. The number of aliphatic hydroxyl groups excluding tert-OH is 2. The molecule has 304 valence electrons. The molecule has 10 nitrogen and oxygen atoms in total. The number of hydrogen-bond donors (Lipinski definition) is 4. The van der Waals surface area contributed by atoms with Gasteiger partial charge in [-0.3, -0.25) is 14.1 Å². The smallest absolute Gasteiger partial charge is 0.462 e. The Balaban J connectivity index is 4.24. The van der Waals surface area contributed by atoms with Crippen LogP contribution in [0.5, 0.6) is 0 Å². The van der Waals surface area contributed by atoms with Crippen LogP contribution in [0, 0.1) is 0 Å². The monoisotopic (exact) mass is 766 g/mol. The Bertz CT molecular complexity index is 1120. The molecule has 0 heterocycles. The van der Waals surface area contributed by atoms with E-state index in [9.17, 15) is 24.4 Å². The highest BCUT2D eigenvalue weighted by atomic mass is 31.2. The van der Waals surface area contributed by atoms with Crippen molar-refractivity contribution in [2.24, 2.45) is 0 Å². The number of rotatable bonds is 35. The molecule has 4 N–H and O–H groups in total. The standard InChI is InChI=1S/C42H71O10P/c1-3-5-7-9-11-13-15-17-18-19-20-22-24-26-28-30-34-41(45)50-36-38(37-51-53(47,48)49)52-42(46)35-31-33-40(44)39(43)32-29-27-25-23-21-16-14-12-10-8-6-4-2/h6,8,11-14,17-18,21,23,27,29,38-40,43-44H,3-5,7,9-10,15-16,19-20,22,24-26,28,30-37H2,1-2H3,(H2,47,48,49)/b8-6-,13-11-,14-12-,18-17-,23-21-,29-27-/t38-,39-,40-/m1/s1. The summed E-state index contributed by atoms with van der Waals surface area (Å²) in [5, 5.41) is 20.5. The molecule has 0 unspecified atom stereocenters. The molecule has 0 aliphatic carbocycles. The molecule has 0 bridgehead atoms. The SMILES string of the molecule is CC/C=C\C/C=C\C/C=C\C/C=C\C[C@@H](O)[C@H](O)CCCC(=O)O[C@H](COC(=O)CCCCCCCC/C=C\C/C=C\CCCCC)COP(=O)(O)O. The van der Waals surface area contributed by atoms with E-state index >= 15 is 0 Å². The zero-order valence-corrected chi connectivity index (χ0v) is 33.5. The lowest BCUT2D eigenvalue weighted by Gasteiger charge is -2.19. The summed E-state index contributed by atoms with van der Waals surface area (Å²) in [5.41, 5.74) is 0. The third-order valence-corrected chi connectivity index (χ3v) is 8.65. The molecular formula is C42H71O10P. The summed E-state index contributed by atoms with van der Waals surface area (Å²) in [7, 11) is -4.84. The predicted octanol–water partition coefficient (Wildman–Crippen LogP) is 9.84. The van der Waals surface area contributed by atoms with Crippen LogP contribution in [0.4, 0.5) is 0 Å². The van der Waals surface area contributed by atoms with E-state index in [-0.39, 0.29) is 32.1 Å². The van der Waals surface area contributed by atoms with Gasteiger partial charge in [-0.1, -0.05) is 125 Å². The third-order valence-electron chi connectivity index (χ3n) is 8.16. The van der Waals surface area contributed by atoms with Crippen LogP contribution in [0.3, 0.4) is 0 Å². The minimum absolute atomic E-state index is 0.110. The van der Waals surface area contributed by atoms with E-state index in [0.29, 0.717) is 6.42 Å². The summed E-state index contributed by atoms with van der Waals surface area (Å²) in [4.78, 5) is 42.8. The summed E-state index contributed by atoms with van der Waals surface area (Å²) in [6, 6.07) is 0. The second-order valence-electron chi connectivity index (χ2n) is 13.2. The van der Waals surface area contributed by atoms with Gasteiger partial charge in [0.05, 0.1) is 18.8 Å². The first kappa shape index (κ1) is 50.4. The molecule has 0 aromatic heterocycles. The molecule has 53 heavy (non-hydrogen) atoms. The van der Waals surface area contributed by atoms with Gasteiger partial charge < -0.3 is 29.5 Å². The summed E-state index contributed by atoms with van der Waals surface area (Å²) in [5.74, 6) is -1.19. The number of unbranched alkanes of at least 4 members (excludes halogenated alkanes) is 9. The molecule has 0 radical (unpaired) electrons. The maximum absolute atomic E-state index is 12.4. The molecule has 3 atom stereocenters. The fourth-order valence-electron chi connectivity index (χ4n) is 5.08. The molecular weight excluding hydrogens is 695 g/mol. The van der Waals surface area contributed by atoms with Gasteiger partial charge >= 0.3 is 19.8 Å². The minimum Gasteiger partial charge on any atom is -0.462 e. The van der Waals surface area contributed by atoms with Crippen molar-refractivity contribution >= 4 is 19.8 Å². The van der Waals surface area contributed by atoms with E-state index < -0.39 is 51.3 Å². The molecule has 0 amide bonds. The van der Waals surface area contributed by atoms with Crippen molar-refractivity contribution in [1.82, 2.24) is 0 Å². The van der Waals surface area contributed by atoms with Crippen molar-refractivity contribution in [3.63, 3.8) is 0 Å². The van der Waals surface area contributed by atoms with Crippen molar-refractivity contribution in [2.45, 2.75) is 167 Å². The lowest BCUT2D eigenvalue weighted by molar-refractivity contribution is -0.161. The van der Waals surface area contributed by atoms with Crippen LogP contribution in [0.2, 0.25) is 0 Å².